The van der Waals surface area contributed by atoms with Crippen LogP contribution in [0.2, 0.25) is 0 Å². The molecule has 0 N–H and O–H groups in total. The van der Waals surface area contributed by atoms with E-state index in [2.05, 4.69) is 22.4 Å². The molecule has 0 saturated carbocycles. The Morgan fingerprint density at radius 1 is 1.15 bits per heavy atom. The Morgan fingerprint density at radius 2 is 1.97 bits per heavy atom. The van der Waals surface area contributed by atoms with E-state index in [1.807, 2.05) is 42.0 Å². The summed E-state index contributed by atoms with van der Waals surface area (Å²) in [5.41, 5.74) is 3.53. The van der Waals surface area contributed by atoms with Gasteiger partial charge in [-0.15, -0.1) is 0 Å². The Hall–Kier alpha value is -3.42. The maximum absolute atomic E-state index is 13.4. The number of likely N-dealkylation sites (tertiary alicyclic amines) is 2. The lowest BCUT2D eigenvalue weighted by Crippen LogP contribution is -2.49. The van der Waals surface area contributed by atoms with Crippen molar-refractivity contribution in [1.29, 1.82) is 0 Å². The summed E-state index contributed by atoms with van der Waals surface area (Å²) in [5, 5.41) is 8.38. The van der Waals surface area contributed by atoms with E-state index >= 15 is 0 Å². The van der Waals surface area contributed by atoms with Gasteiger partial charge in [0.15, 0.2) is 0 Å². The highest BCUT2D eigenvalue weighted by Crippen LogP contribution is 2.33. The van der Waals surface area contributed by atoms with Crippen LogP contribution in [0.5, 0.6) is 0 Å². The van der Waals surface area contributed by atoms with Gasteiger partial charge in [-0.25, -0.2) is 0 Å². The lowest BCUT2D eigenvalue weighted by Gasteiger charge is -2.37. The lowest BCUT2D eigenvalue weighted by molar-refractivity contribution is -0.135. The van der Waals surface area contributed by atoms with Gasteiger partial charge in [0.2, 0.25) is 11.7 Å². The van der Waals surface area contributed by atoms with Crippen LogP contribution in [-0.4, -0.2) is 55.2 Å². The number of rotatable bonds is 4. The molecule has 3 aromatic rings. The third kappa shape index (κ3) is 4.05. The molecule has 1 aromatic carbocycles. The van der Waals surface area contributed by atoms with Gasteiger partial charge in [0.25, 0.3) is 5.91 Å². The highest BCUT2D eigenvalue weighted by molar-refractivity contribution is 5.93. The zero-order valence-corrected chi connectivity index (χ0v) is 19.1. The number of carbonyl (C=O) groups is 2. The average molecular weight is 448 g/mol. The largest absolute Gasteiger partial charge is 0.350 e. The molecule has 2 aliphatic heterocycles. The second kappa shape index (κ2) is 8.84. The van der Waals surface area contributed by atoms with E-state index in [1.54, 1.807) is 16.9 Å². The minimum Gasteiger partial charge on any atom is -0.350 e. The Kier molecular flexibility index (Phi) is 5.74. The molecule has 0 unspecified atom stereocenters. The van der Waals surface area contributed by atoms with Crippen LogP contribution in [0.1, 0.15) is 53.9 Å². The molecular formula is C25H29N5O3. The second-order valence-corrected chi connectivity index (χ2v) is 9.02. The van der Waals surface area contributed by atoms with Crippen molar-refractivity contribution in [3.05, 3.63) is 59.6 Å². The molecular weight excluding hydrogens is 418 g/mol. The molecule has 2 aromatic heterocycles. The van der Waals surface area contributed by atoms with Crippen LogP contribution in [-0.2, 0) is 18.4 Å². The molecule has 5 rings (SSSR count). The molecule has 2 aliphatic rings. The number of hydrogen-bond acceptors (Lipinski definition) is 5. The van der Waals surface area contributed by atoms with Gasteiger partial charge in [-0.05, 0) is 31.7 Å². The first kappa shape index (κ1) is 21.4. The quantitative estimate of drug-likeness (QED) is 0.611. The molecule has 0 aliphatic carbocycles. The Balaban J connectivity index is 1.38. The predicted octanol–water partition coefficient (Wildman–Crippen LogP) is 3.57. The summed E-state index contributed by atoms with van der Waals surface area (Å²) in [6.07, 6.45) is 5.75. The fourth-order valence-corrected chi connectivity index (χ4v) is 5.14. The molecule has 33 heavy (non-hydrogen) atoms. The normalized spacial score (nSPS) is 21.1. The van der Waals surface area contributed by atoms with Crippen LogP contribution < -0.4 is 0 Å². The van der Waals surface area contributed by atoms with Crippen LogP contribution in [0.3, 0.4) is 0 Å². The fourth-order valence-electron chi connectivity index (χ4n) is 5.14. The fraction of sp³-hybridized carbons (Fsp3) is 0.440. The van der Waals surface area contributed by atoms with Crippen molar-refractivity contribution in [1.82, 2.24) is 24.7 Å². The van der Waals surface area contributed by atoms with Crippen molar-refractivity contribution in [3.8, 4) is 11.3 Å². The van der Waals surface area contributed by atoms with Crippen molar-refractivity contribution < 1.29 is 14.1 Å². The van der Waals surface area contributed by atoms with E-state index in [-0.39, 0.29) is 29.7 Å². The maximum Gasteiger partial charge on any atom is 0.292 e. The van der Waals surface area contributed by atoms with Crippen LogP contribution in [0.25, 0.3) is 11.3 Å². The number of fused-ring (bicyclic) bond motifs is 1. The Morgan fingerprint density at radius 3 is 2.73 bits per heavy atom. The van der Waals surface area contributed by atoms with E-state index in [9.17, 15) is 9.59 Å². The molecule has 2 amide bonds. The molecule has 0 spiro atoms. The standard InChI is InChI=1S/C25H29N5O3/c1-17-19(15-26-28(17)2)20-14-23(33-27-20)25(32)29-13-12-22-21(29)10-6-7-11-24(31)30(22)16-18-8-4-3-5-9-18/h3-5,8-9,14-15,21-22H,6-7,10-13,16H2,1-2H3/t21-,22+/m1/s1. The van der Waals surface area contributed by atoms with Crippen molar-refractivity contribution in [2.24, 2.45) is 7.05 Å². The van der Waals surface area contributed by atoms with Gasteiger partial charge in [-0.2, -0.15) is 5.10 Å². The van der Waals surface area contributed by atoms with Crippen molar-refractivity contribution in [3.63, 3.8) is 0 Å². The summed E-state index contributed by atoms with van der Waals surface area (Å²) in [4.78, 5) is 30.4. The minimum atomic E-state index is -0.157. The molecule has 2 atom stereocenters. The van der Waals surface area contributed by atoms with Crippen LogP contribution >= 0.6 is 0 Å². The third-order valence-corrected chi connectivity index (χ3v) is 7.06. The van der Waals surface area contributed by atoms with E-state index < -0.39 is 0 Å². The third-order valence-electron chi connectivity index (χ3n) is 7.06. The first-order valence-corrected chi connectivity index (χ1v) is 11.6. The van der Waals surface area contributed by atoms with E-state index in [4.69, 9.17) is 4.52 Å². The summed E-state index contributed by atoms with van der Waals surface area (Å²) in [6.45, 7) is 3.14. The van der Waals surface area contributed by atoms with Crippen molar-refractivity contribution >= 4 is 11.8 Å². The predicted molar refractivity (Wildman–Crippen MR) is 122 cm³/mol. The zero-order chi connectivity index (χ0) is 22.9. The summed E-state index contributed by atoms with van der Waals surface area (Å²) in [7, 11) is 1.87. The van der Waals surface area contributed by atoms with Gasteiger partial charge >= 0.3 is 0 Å². The van der Waals surface area contributed by atoms with Crippen LogP contribution in [0.15, 0.2) is 47.1 Å². The first-order valence-electron chi connectivity index (χ1n) is 11.6. The van der Waals surface area contributed by atoms with E-state index in [0.29, 0.717) is 25.2 Å². The molecule has 2 saturated heterocycles. The second-order valence-electron chi connectivity index (χ2n) is 9.02. The van der Waals surface area contributed by atoms with Gasteiger partial charge in [-0.1, -0.05) is 41.9 Å². The molecule has 172 valence electrons. The molecule has 0 bridgehead atoms. The highest BCUT2D eigenvalue weighted by atomic mass is 16.5. The number of amides is 2. The topological polar surface area (TPSA) is 84.5 Å². The monoisotopic (exact) mass is 447 g/mol. The minimum absolute atomic E-state index is 0.0147. The van der Waals surface area contributed by atoms with Gasteiger partial charge in [0, 0.05) is 43.9 Å². The molecule has 2 fully saturated rings. The number of aryl methyl sites for hydroxylation is 1. The van der Waals surface area contributed by atoms with Crippen molar-refractivity contribution in [2.45, 2.75) is 57.7 Å². The molecule has 4 heterocycles. The average Bonchev–Trinajstić information content (AvgIpc) is 3.54. The van der Waals surface area contributed by atoms with Gasteiger partial charge < -0.3 is 14.3 Å². The zero-order valence-electron chi connectivity index (χ0n) is 19.1. The van der Waals surface area contributed by atoms with Crippen molar-refractivity contribution in [2.75, 3.05) is 6.54 Å². The highest BCUT2D eigenvalue weighted by Gasteiger charge is 2.43. The van der Waals surface area contributed by atoms with Crippen LogP contribution in [0, 0.1) is 6.92 Å². The number of hydrogen-bond donors (Lipinski definition) is 0. The summed E-state index contributed by atoms with van der Waals surface area (Å²) < 4.78 is 7.25. The van der Waals surface area contributed by atoms with Crippen LogP contribution in [0.4, 0.5) is 0 Å². The molecule has 0 radical (unpaired) electrons. The first-order chi connectivity index (χ1) is 16.0. The summed E-state index contributed by atoms with van der Waals surface area (Å²) >= 11 is 0. The van der Waals surface area contributed by atoms with Gasteiger partial charge in [0.1, 0.15) is 5.69 Å². The maximum atomic E-state index is 13.4. The van der Waals surface area contributed by atoms with Gasteiger partial charge in [0.05, 0.1) is 18.3 Å². The van der Waals surface area contributed by atoms with Gasteiger partial charge in [-0.3, -0.25) is 14.3 Å². The summed E-state index contributed by atoms with van der Waals surface area (Å²) in [6, 6.07) is 11.8. The number of carbonyl (C=O) groups excluding carboxylic acids is 2. The molecule has 8 nitrogen and oxygen atoms in total. The number of benzene rings is 1. The van der Waals surface area contributed by atoms with E-state index in [1.165, 1.54) is 0 Å². The Labute approximate surface area is 193 Å². The molecule has 8 heteroatoms. The Bertz CT molecular complexity index is 1150. The summed E-state index contributed by atoms with van der Waals surface area (Å²) in [5.74, 6) is 0.254. The van der Waals surface area contributed by atoms with E-state index in [0.717, 1.165) is 42.5 Å². The SMILES string of the molecule is Cc1c(-c2cc(C(=O)N3CC[C@H]4[C@H]3CCCCC(=O)N4Cc3ccccc3)on2)cnn1C. The number of nitrogens with zero attached hydrogens (tertiary/aromatic N) is 5. The smallest absolute Gasteiger partial charge is 0.292 e. The lowest BCUT2D eigenvalue weighted by atomic mass is 9.96. The number of aromatic nitrogens is 3.